The van der Waals surface area contributed by atoms with E-state index in [9.17, 15) is 9.59 Å². The Morgan fingerprint density at radius 3 is 2.77 bits per heavy atom. The van der Waals surface area contributed by atoms with Gasteiger partial charge in [0.1, 0.15) is 6.04 Å². The second-order valence-electron chi connectivity index (χ2n) is 5.97. The van der Waals surface area contributed by atoms with E-state index in [0.29, 0.717) is 18.9 Å². The molecule has 1 atom stereocenters. The molecule has 2 heterocycles. The largest absolute Gasteiger partial charge is 0.330 e. The van der Waals surface area contributed by atoms with Crippen molar-refractivity contribution in [2.24, 2.45) is 5.92 Å². The monoisotopic (exact) mass is 300 g/mol. The third-order valence-corrected chi connectivity index (χ3v) is 3.98. The number of benzene rings is 1. The number of nitrogens with zero attached hydrogens (tertiary/aromatic N) is 2. The second kappa shape index (κ2) is 5.79. The second-order valence-corrected chi connectivity index (χ2v) is 5.97. The summed E-state index contributed by atoms with van der Waals surface area (Å²) in [5.74, 6) is 0.331. The van der Waals surface area contributed by atoms with Gasteiger partial charge in [-0.15, -0.1) is 0 Å². The number of amides is 2. The molecular formula is C16H20N4O2. The molecule has 1 saturated heterocycles. The van der Waals surface area contributed by atoms with Gasteiger partial charge >= 0.3 is 0 Å². The lowest BCUT2D eigenvalue weighted by atomic mass is 10.0. The standard InChI is InChI=1S/C16H20N4O2/c1-10(2)14(20-9-5-8-13(20)21)15(22)19-16-17-11-6-3-4-7-12(11)18-16/h3-4,6-7,10,14H,5,8-9H2,1-2H3,(H2,17,18,19,22). The molecule has 0 bridgehead atoms. The van der Waals surface area contributed by atoms with E-state index >= 15 is 0 Å². The molecule has 22 heavy (non-hydrogen) atoms. The van der Waals surface area contributed by atoms with E-state index in [2.05, 4.69) is 15.3 Å². The highest BCUT2D eigenvalue weighted by Crippen LogP contribution is 2.21. The maximum atomic E-state index is 12.6. The number of carbonyl (C=O) groups excluding carboxylic acids is 2. The molecule has 1 fully saturated rings. The van der Waals surface area contributed by atoms with Crippen LogP contribution in [-0.4, -0.2) is 39.3 Å². The van der Waals surface area contributed by atoms with Crippen molar-refractivity contribution in [3.05, 3.63) is 24.3 Å². The molecule has 0 spiro atoms. The average Bonchev–Trinajstić information content (AvgIpc) is 3.05. The molecule has 1 aromatic carbocycles. The third kappa shape index (κ3) is 2.68. The molecule has 1 aromatic heterocycles. The molecule has 1 aliphatic heterocycles. The van der Waals surface area contributed by atoms with Crippen LogP contribution in [0.5, 0.6) is 0 Å². The summed E-state index contributed by atoms with van der Waals surface area (Å²) in [4.78, 5) is 33.6. The highest BCUT2D eigenvalue weighted by atomic mass is 16.2. The van der Waals surface area contributed by atoms with Crippen molar-refractivity contribution in [1.82, 2.24) is 14.9 Å². The number of hydrogen-bond donors (Lipinski definition) is 2. The first-order valence-electron chi connectivity index (χ1n) is 7.61. The number of hydrogen-bond acceptors (Lipinski definition) is 3. The molecule has 1 aliphatic rings. The van der Waals surface area contributed by atoms with Crippen LogP contribution in [-0.2, 0) is 9.59 Å². The van der Waals surface area contributed by atoms with E-state index in [0.717, 1.165) is 17.5 Å². The summed E-state index contributed by atoms with van der Waals surface area (Å²) in [6.07, 6.45) is 1.35. The number of fused-ring (bicyclic) bond motifs is 1. The van der Waals surface area contributed by atoms with Gasteiger partial charge in [0, 0.05) is 13.0 Å². The van der Waals surface area contributed by atoms with Crippen LogP contribution in [0.2, 0.25) is 0 Å². The first kappa shape index (κ1) is 14.6. The van der Waals surface area contributed by atoms with Crippen LogP contribution in [0.3, 0.4) is 0 Å². The predicted molar refractivity (Wildman–Crippen MR) is 84.3 cm³/mol. The summed E-state index contributed by atoms with van der Waals surface area (Å²) in [6.45, 7) is 4.55. The number of H-pyrrole nitrogens is 1. The van der Waals surface area contributed by atoms with Gasteiger partial charge in [-0.25, -0.2) is 4.98 Å². The number of nitrogens with one attached hydrogen (secondary N) is 2. The van der Waals surface area contributed by atoms with Gasteiger partial charge in [-0.2, -0.15) is 0 Å². The minimum Gasteiger partial charge on any atom is -0.330 e. The van der Waals surface area contributed by atoms with E-state index in [1.165, 1.54) is 0 Å². The molecule has 116 valence electrons. The molecule has 0 saturated carbocycles. The van der Waals surface area contributed by atoms with E-state index < -0.39 is 6.04 Å². The first-order valence-corrected chi connectivity index (χ1v) is 7.61. The minimum atomic E-state index is -0.455. The van der Waals surface area contributed by atoms with Gasteiger partial charge in [-0.05, 0) is 24.5 Å². The van der Waals surface area contributed by atoms with Crippen molar-refractivity contribution < 1.29 is 9.59 Å². The lowest BCUT2D eigenvalue weighted by Crippen LogP contribution is -2.48. The van der Waals surface area contributed by atoms with Gasteiger partial charge < -0.3 is 9.88 Å². The summed E-state index contributed by atoms with van der Waals surface area (Å²) in [6, 6.07) is 7.14. The SMILES string of the molecule is CC(C)C(C(=O)Nc1nc2ccccc2[nH]1)N1CCCC1=O. The van der Waals surface area contributed by atoms with E-state index in [4.69, 9.17) is 0 Å². The Labute approximate surface area is 128 Å². The summed E-state index contributed by atoms with van der Waals surface area (Å²) in [7, 11) is 0. The Hall–Kier alpha value is -2.37. The molecule has 0 radical (unpaired) electrons. The molecule has 3 rings (SSSR count). The van der Waals surface area contributed by atoms with Gasteiger partial charge in [0.25, 0.3) is 0 Å². The summed E-state index contributed by atoms with van der Waals surface area (Å²) >= 11 is 0. The quantitative estimate of drug-likeness (QED) is 0.908. The maximum absolute atomic E-state index is 12.6. The lowest BCUT2D eigenvalue weighted by Gasteiger charge is -2.29. The topological polar surface area (TPSA) is 78.1 Å². The Bertz CT molecular complexity index is 674. The van der Waals surface area contributed by atoms with Crippen molar-refractivity contribution >= 4 is 28.8 Å². The number of anilines is 1. The first-order chi connectivity index (χ1) is 10.6. The van der Waals surface area contributed by atoms with Crippen LogP contribution in [0.15, 0.2) is 24.3 Å². The third-order valence-electron chi connectivity index (χ3n) is 3.98. The fourth-order valence-corrected chi connectivity index (χ4v) is 2.97. The number of para-hydroxylation sites is 2. The summed E-state index contributed by atoms with van der Waals surface area (Å²) < 4.78 is 0. The molecular weight excluding hydrogens is 280 g/mol. The van der Waals surface area contributed by atoms with Crippen LogP contribution in [0.1, 0.15) is 26.7 Å². The zero-order chi connectivity index (χ0) is 15.7. The fourth-order valence-electron chi connectivity index (χ4n) is 2.97. The van der Waals surface area contributed by atoms with Crippen LogP contribution in [0, 0.1) is 5.92 Å². The van der Waals surface area contributed by atoms with E-state index in [1.54, 1.807) is 4.90 Å². The molecule has 1 unspecified atom stereocenters. The van der Waals surface area contributed by atoms with E-state index in [-0.39, 0.29) is 17.7 Å². The number of likely N-dealkylation sites (tertiary alicyclic amines) is 1. The number of carbonyl (C=O) groups is 2. The normalized spacial score (nSPS) is 16.5. The smallest absolute Gasteiger partial charge is 0.249 e. The van der Waals surface area contributed by atoms with Gasteiger partial charge in [0.05, 0.1) is 11.0 Å². The molecule has 6 nitrogen and oxygen atoms in total. The molecule has 6 heteroatoms. The Morgan fingerprint density at radius 1 is 1.36 bits per heavy atom. The van der Waals surface area contributed by atoms with Crippen molar-refractivity contribution in [3.63, 3.8) is 0 Å². The van der Waals surface area contributed by atoms with Crippen molar-refractivity contribution in [2.45, 2.75) is 32.7 Å². The summed E-state index contributed by atoms with van der Waals surface area (Å²) in [5, 5.41) is 2.81. The summed E-state index contributed by atoms with van der Waals surface area (Å²) in [5.41, 5.74) is 1.67. The molecule has 2 N–H and O–H groups in total. The number of aromatic amines is 1. The number of imidazole rings is 1. The Kier molecular flexibility index (Phi) is 3.83. The molecule has 2 amide bonds. The van der Waals surface area contributed by atoms with Crippen LogP contribution in [0.25, 0.3) is 11.0 Å². The van der Waals surface area contributed by atoms with Gasteiger partial charge in [-0.3, -0.25) is 14.9 Å². The lowest BCUT2D eigenvalue weighted by molar-refractivity contribution is -0.136. The van der Waals surface area contributed by atoms with Gasteiger partial charge in [0.2, 0.25) is 17.8 Å². The average molecular weight is 300 g/mol. The van der Waals surface area contributed by atoms with Crippen molar-refractivity contribution in [1.29, 1.82) is 0 Å². The van der Waals surface area contributed by atoms with Crippen LogP contribution in [0.4, 0.5) is 5.95 Å². The highest BCUT2D eigenvalue weighted by Gasteiger charge is 2.35. The van der Waals surface area contributed by atoms with Gasteiger partial charge in [-0.1, -0.05) is 26.0 Å². The van der Waals surface area contributed by atoms with Crippen LogP contribution >= 0.6 is 0 Å². The Morgan fingerprint density at radius 2 is 2.14 bits per heavy atom. The zero-order valence-corrected chi connectivity index (χ0v) is 12.8. The Balaban J connectivity index is 1.80. The van der Waals surface area contributed by atoms with Crippen molar-refractivity contribution in [2.75, 3.05) is 11.9 Å². The van der Waals surface area contributed by atoms with Crippen molar-refractivity contribution in [3.8, 4) is 0 Å². The molecule has 0 aliphatic carbocycles. The van der Waals surface area contributed by atoms with E-state index in [1.807, 2.05) is 38.1 Å². The number of aromatic nitrogens is 2. The minimum absolute atomic E-state index is 0.0476. The molecule has 2 aromatic rings. The maximum Gasteiger partial charge on any atom is 0.249 e. The van der Waals surface area contributed by atoms with Gasteiger partial charge in [0.15, 0.2) is 0 Å². The zero-order valence-electron chi connectivity index (χ0n) is 12.8. The van der Waals surface area contributed by atoms with Crippen LogP contribution < -0.4 is 5.32 Å². The number of rotatable bonds is 4. The predicted octanol–water partition coefficient (Wildman–Crippen LogP) is 2.15. The fraction of sp³-hybridized carbons (Fsp3) is 0.438. The highest BCUT2D eigenvalue weighted by molar-refractivity contribution is 5.97.